The van der Waals surface area contributed by atoms with E-state index in [1.807, 2.05) is 39.0 Å². The first-order valence-electron chi connectivity index (χ1n) is 23.4. The standard InChI is InChI=1S/C52H65N7O7/c1-9-16-44(60)56-24-11-12-25-58(45(61)31-56)47(33(3)4)49(62)54-42-28-35-17-13-18-36(27-35)37-21-22-43-39(29-37)40(48(57(43)10-2)38-19-14-23-53-46(38)34(5)65-8)30-52(6,7)32-66-51(64)41-20-15-26-59(55-41)50(42)63/h13-14,17-19,21-23,27,29,33-34,41-42,47,55H,10-12,15,20,24-26,28,30-32H2,1-8H3,(H,54,62)/t34-,41-,42-,47-/m0/s1. The van der Waals surface area contributed by atoms with Gasteiger partial charge in [0.2, 0.25) is 11.8 Å². The third-order valence-electron chi connectivity index (χ3n) is 13.1. The van der Waals surface area contributed by atoms with Crippen LogP contribution in [-0.2, 0) is 52.8 Å². The molecule has 0 radical (unpaired) electrons. The van der Waals surface area contributed by atoms with Crippen molar-refractivity contribution in [2.24, 2.45) is 11.3 Å². The van der Waals surface area contributed by atoms with Crippen molar-refractivity contribution in [3.63, 3.8) is 0 Å². The highest BCUT2D eigenvalue weighted by molar-refractivity contribution is 5.98. The number of fused-ring (bicyclic) bond motifs is 6. The van der Waals surface area contributed by atoms with Crippen LogP contribution in [0, 0.1) is 23.2 Å². The van der Waals surface area contributed by atoms with Crippen molar-refractivity contribution in [1.29, 1.82) is 0 Å². The van der Waals surface area contributed by atoms with E-state index in [0.717, 1.165) is 50.1 Å². The van der Waals surface area contributed by atoms with Crippen molar-refractivity contribution in [2.75, 3.05) is 39.9 Å². The Kier molecular flexibility index (Phi) is 15.0. The van der Waals surface area contributed by atoms with Crippen LogP contribution < -0.4 is 10.7 Å². The highest BCUT2D eigenvalue weighted by Crippen LogP contribution is 2.42. The molecule has 2 aromatic carbocycles. The van der Waals surface area contributed by atoms with Crippen molar-refractivity contribution in [3.05, 3.63) is 77.6 Å². The number of ether oxygens (including phenoxy) is 2. The highest BCUT2D eigenvalue weighted by Gasteiger charge is 2.39. The molecule has 14 heteroatoms. The number of amides is 4. The number of cyclic esters (lactones) is 1. The molecule has 4 amide bonds. The van der Waals surface area contributed by atoms with E-state index in [2.05, 4.69) is 84.3 Å². The Hall–Kier alpha value is -6.04. The number of methoxy groups -OCH3 is 1. The van der Waals surface area contributed by atoms with Crippen LogP contribution in [0.2, 0.25) is 0 Å². The van der Waals surface area contributed by atoms with Gasteiger partial charge in [-0.1, -0.05) is 63.9 Å². The zero-order chi connectivity index (χ0) is 47.3. The molecule has 0 saturated carbocycles. The van der Waals surface area contributed by atoms with Crippen LogP contribution in [0.3, 0.4) is 0 Å². The average Bonchev–Trinajstić information content (AvgIpc) is 3.60. The summed E-state index contributed by atoms with van der Waals surface area (Å²) in [6.07, 6.45) is 4.51. The van der Waals surface area contributed by atoms with Gasteiger partial charge in [0.05, 0.1) is 24.1 Å². The highest BCUT2D eigenvalue weighted by atomic mass is 16.5. The molecule has 0 unspecified atom stereocenters. The normalized spacial score (nSPS) is 20.4. The van der Waals surface area contributed by atoms with E-state index >= 15 is 0 Å². The Balaban J connectivity index is 1.30. The Morgan fingerprint density at radius 2 is 1.77 bits per heavy atom. The summed E-state index contributed by atoms with van der Waals surface area (Å²) in [6.45, 7) is 15.4. The van der Waals surface area contributed by atoms with Crippen LogP contribution in [0.4, 0.5) is 0 Å². The van der Waals surface area contributed by atoms with Crippen LogP contribution in [0.15, 0.2) is 60.8 Å². The summed E-state index contributed by atoms with van der Waals surface area (Å²) in [5, 5.41) is 5.59. The topological polar surface area (TPSA) is 155 Å². The van der Waals surface area contributed by atoms with E-state index in [-0.39, 0.29) is 37.5 Å². The molecule has 0 spiro atoms. The molecule has 0 aliphatic carbocycles. The van der Waals surface area contributed by atoms with Gasteiger partial charge in [0, 0.05) is 67.8 Å². The van der Waals surface area contributed by atoms with Crippen LogP contribution in [0.25, 0.3) is 33.3 Å². The van der Waals surface area contributed by atoms with E-state index in [0.29, 0.717) is 58.3 Å². The van der Waals surface area contributed by atoms with E-state index < -0.39 is 47.2 Å². The molecule has 4 atom stereocenters. The number of rotatable bonds is 8. The zero-order valence-electron chi connectivity index (χ0n) is 39.7. The molecule has 3 aliphatic rings. The maximum absolute atomic E-state index is 14.8. The second-order valence-corrected chi connectivity index (χ2v) is 18.9. The minimum Gasteiger partial charge on any atom is -0.464 e. The number of aromatic nitrogens is 2. The number of nitrogens with one attached hydrogen (secondary N) is 2. The van der Waals surface area contributed by atoms with Crippen molar-refractivity contribution >= 4 is 40.5 Å². The first kappa shape index (κ1) is 47.9. The minimum atomic E-state index is -1.06. The SMILES string of the molecule is CC#CC(=O)N1CCCCN([C@H](C(=O)N[C@H]2Cc3cccc(c3)-c3ccc4c(c3)c(c(-c3cccnc3[C@H](C)OC)n4CC)CC(C)(C)COC(=O)[C@@H]3CCCN(N3)C2=O)C(C)C)C(=O)C1. The molecule has 5 heterocycles. The molecule has 14 nitrogen and oxygen atoms in total. The van der Waals surface area contributed by atoms with E-state index in [1.165, 1.54) is 9.91 Å². The summed E-state index contributed by atoms with van der Waals surface area (Å²) >= 11 is 0. The van der Waals surface area contributed by atoms with Crippen molar-refractivity contribution < 1.29 is 33.4 Å². The van der Waals surface area contributed by atoms with E-state index in [4.69, 9.17) is 14.5 Å². The van der Waals surface area contributed by atoms with Gasteiger partial charge in [-0.3, -0.25) is 34.0 Å². The average molecular weight is 900 g/mol. The fourth-order valence-electron chi connectivity index (χ4n) is 9.74. The van der Waals surface area contributed by atoms with Gasteiger partial charge >= 0.3 is 5.97 Å². The second-order valence-electron chi connectivity index (χ2n) is 18.9. The molecule has 66 heavy (non-hydrogen) atoms. The Labute approximate surface area is 388 Å². The Bertz CT molecular complexity index is 2540. The summed E-state index contributed by atoms with van der Waals surface area (Å²) in [7, 11) is 1.69. The third-order valence-corrected chi connectivity index (χ3v) is 13.1. The number of nitrogens with zero attached hydrogens (tertiary/aromatic N) is 5. The molecule has 2 N–H and O–H groups in total. The number of pyridine rings is 1. The van der Waals surface area contributed by atoms with E-state index in [9.17, 15) is 24.0 Å². The largest absolute Gasteiger partial charge is 0.464 e. The van der Waals surface area contributed by atoms with E-state index in [1.54, 1.807) is 25.1 Å². The monoisotopic (exact) mass is 899 g/mol. The molecule has 3 aliphatic heterocycles. The molecule has 2 saturated heterocycles. The lowest BCUT2D eigenvalue weighted by molar-refractivity contribution is -0.155. The lowest BCUT2D eigenvalue weighted by Crippen LogP contribution is -2.62. The first-order valence-corrected chi connectivity index (χ1v) is 23.4. The molecule has 7 rings (SSSR count). The van der Waals surface area contributed by atoms with Gasteiger partial charge in [-0.15, -0.1) is 0 Å². The lowest BCUT2D eigenvalue weighted by Gasteiger charge is -2.38. The van der Waals surface area contributed by atoms with Gasteiger partial charge in [0.25, 0.3) is 11.8 Å². The van der Waals surface area contributed by atoms with Crippen molar-refractivity contribution in [2.45, 2.75) is 118 Å². The van der Waals surface area contributed by atoms with Gasteiger partial charge in [0.15, 0.2) is 0 Å². The summed E-state index contributed by atoms with van der Waals surface area (Å²) in [6, 6.07) is 15.8. The van der Waals surface area contributed by atoms with Gasteiger partial charge < -0.3 is 29.2 Å². The fourth-order valence-corrected chi connectivity index (χ4v) is 9.74. The van der Waals surface area contributed by atoms with Gasteiger partial charge in [-0.05, 0) is 111 Å². The Morgan fingerprint density at radius 3 is 2.52 bits per heavy atom. The number of benzene rings is 2. The van der Waals surface area contributed by atoms with Crippen LogP contribution in [0.5, 0.6) is 0 Å². The number of aryl methyl sites for hydroxylation is 1. The zero-order valence-corrected chi connectivity index (χ0v) is 39.7. The summed E-state index contributed by atoms with van der Waals surface area (Å²) in [4.78, 5) is 77.8. The fraction of sp³-hybridized carbons (Fsp3) is 0.500. The van der Waals surface area contributed by atoms with Gasteiger partial charge in [-0.25, -0.2) is 5.43 Å². The van der Waals surface area contributed by atoms with Gasteiger partial charge in [0.1, 0.15) is 24.7 Å². The van der Waals surface area contributed by atoms with Crippen LogP contribution in [0.1, 0.15) is 97.1 Å². The second kappa shape index (κ2) is 20.6. The predicted octanol–water partition coefficient (Wildman–Crippen LogP) is 6.24. The molecule has 4 aromatic rings. The molecule has 2 aromatic heterocycles. The minimum absolute atomic E-state index is 0.134. The Morgan fingerprint density at radius 1 is 1.00 bits per heavy atom. The molecular formula is C52H65N7O7. The summed E-state index contributed by atoms with van der Waals surface area (Å²) in [5.41, 5.74) is 10.5. The molecule has 2 fully saturated rings. The smallest absolute Gasteiger partial charge is 0.324 e. The van der Waals surface area contributed by atoms with Crippen LogP contribution in [-0.4, -0.2) is 112 Å². The predicted molar refractivity (Wildman–Crippen MR) is 253 cm³/mol. The molecular weight excluding hydrogens is 835 g/mol. The maximum atomic E-state index is 14.8. The molecule has 350 valence electrons. The number of carbonyl (C=O) groups excluding carboxylic acids is 5. The number of hydrogen-bond donors (Lipinski definition) is 2. The quantitative estimate of drug-likeness (QED) is 0.154. The third kappa shape index (κ3) is 10.3. The maximum Gasteiger partial charge on any atom is 0.324 e. The van der Waals surface area contributed by atoms with Crippen LogP contribution >= 0.6 is 0 Å². The lowest BCUT2D eigenvalue weighted by atomic mass is 9.84. The van der Waals surface area contributed by atoms with Gasteiger partial charge in [-0.2, -0.15) is 0 Å². The first-order chi connectivity index (χ1) is 31.6. The molecule has 6 bridgehead atoms. The number of esters is 1. The van der Waals surface area contributed by atoms with Crippen molar-refractivity contribution in [3.8, 4) is 34.2 Å². The summed E-state index contributed by atoms with van der Waals surface area (Å²) < 4.78 is 14.3. The number of hydrogen-bond acceptors (Lipinski definition) is 9. The van der Waals surface area contributed by atoms with Crippen molar-refractivity contribution in [1.82, 2.24) is 35.1 Å². The number of carbonyl (C=O) groups is 5. The number of hydrazine groups is 1. The summed E-state index contributed by atoms with van der Waals surface area (Å²) in [5.74, 6) is 2.73.